The number of amides is 1. The molecule has 7 heteroatoms. The maximum atomic E-state index is 11.9. The first-order valence-electron chi connectivity index (χ1n) is 8.28. The molecule has 0 atom stereocenters. The summed E-state index contributed by atoms with van der Waals surface area (Å²) < 4.78 is 10.4. The monoisotopic (exact) mass is 389 g/mol. The fourth-order valence-corrected chi connectivity index (χ4v) is 2.45. The molecule has 0 aromatic heterocycles. The van der Waals surface area contributed by atoms with Gasteiger partial charge in [-0.1, -0.05) is 11.6 Å². The van der Waals surface area contributed by atoms with Crippen molar-refractivity contribution in [2.45, 2.75) is 20.0 Å². The molecule has 0 radical (unpaired) electrons. The zero-order chi connectivity index (χ0) is 19.8. The van der Waals surface area contributed by atoms with Gasteiger partial charge in [-0.25, -0.2) is 0 Å². The van der Waals surface area contributed by atoms with Crippen molar-refractivity contribution in [3.05, 3.63) is 64.2 Å². The van der Waals surface area contributed by atoms with Crippen molar-refractivity contribution in [3.8, 4) is 5.75 Å². The van der Waals surface area contributed by atoms with Gasteiger partial charge in [0, 0.05) is 28.3 Å². The van der Waals surface area contributed by atoms with E-state index < -0.39 is 5.97 Å². The molecule has 0 fully saturated rings. The van der Waals surface area contributed by atoms with Crippen LogP contribution >= 0.6 is 11.6 Å². The first kappa shape index (κ1) is 20.5. The molecule has 0 saturated heterocycles. The summed E-state index contributed by atoms with van der Waals surface area (Å²) in [6, 6.07) is 11.4. The average Bonchev–Trinajstić information content (AvgIpc) is 2.66. The van der Waals surface area contributed by atoms with Crippen molar-refractivity contribution in [2.24, 2.45) is 0 Å². The Hall–Kier alpha value is -2.86. The number of Topliss-reactive ketones (excluding diaryl/α,β-unsaturated/α-hetero) is 1. The predicted octanol–water partition coefficient (Wildman–Crippen LogP) is 3.41. The maximum Gasteiger partial charge on any atom is 0.307 e. The molecular weight excluding hydrogens is 370 g/mol. The Balaban J connectivity index is 1.82. The standard InChI is InChI=1S/C20H20ClNO5/c1-13(23)15-5-8-18(26-2)16(11-15)12-27-19(24)9-10-22-20(25)14-3-6-17(21)7-4-14/h3-8,11H,9-10,12H2,1-2H3,(H,22,25). The van der Waals surface area contributed by atoms with Crippen LogP contribution in [0.1, 0.15) is 39.6 Å². The highest BCUT2D eigenvalue weighted by Crippen LogP contribution is 2.21. The Kier molecular flexibility index (Phi) is 7.37. The van der Waals surface area contributed by atoms with Crippen LogP contribution in [-0.2, 0) is 16.1 Å². The Morgan fingerprint density at radius 3 is 2.33 bits per heavy atom. The van der Waals surface area contributed by atoms with Crippen LogP contribution in [0.4, 0.5) is 0 Å². The van der Waals surface area contributed by atoms with E-state index in [9.17, 15) is 14.4 Å². The number of methoxy groups -OCH3 is 1. The van der Waals surface area contributed by atoms with Gasteiger partial charge in [0.05, 0.1) is 13.5 Å². The van der Waals surface area contributed by atoms with Gasteiger partial charge >= 0.3 is 5.97 Å². The number of ketones is 1. The minimum Gasteiger partial charge on any atom is -0.496 e. The predicted molar refractivity (Wildman–Crippen MR) is 101 cm³/mol. The van der Waals surface area contributed by atoms with E-state index in [-0.39, 0.29) is 31.3 Å². The van der Waals surface area contributed by atoms with Crippen molar-refractivity contribution in [2.75, 3.05) is 13.7 Å². The van der Waals surface area contributed by atoms with E-state index in [0.717, 1.165) is 0 Å². The van der Waals surface area contributed by atoms with E-state index in [1.807, 2.05) is 0 Å². The minimum absolute atomic E-state index is 0.0196. The molecule has 0 aliphatic carbocycles. The molecule has 0 unspecified atom stereocenters. The molecular formula is C20H20ClNO5. The molecule has 0 aliphatic rings. The molecule has 0 saturated carbocycles. The second-order valence-electron chi connectivity index (χ2n) is 5.76. The summed E-state index contributed by atoms with van der Waals surface area (Å²) in [6.07, 6.45) is 0.0219. The molecule has 2 aromatic rings. The van der Waals surface area contributed by atoms with Crippen molar-refractivity contribution in [3.63, 3.8) is 0 Å². The lowest BCUT2D eigenvalue weighted by Gasteiger charge is -2.11. The Morgan fingerprint density at radius 2 is 1.70 bits per heavy atom. The number of carbonyl (C=O) groups excluding carboxylic acids is 3. The number of esters is 1. The third kappa shape index (κ3) is 6.11. The normalized spacial score (nSPS) is 10.2. The van der Waals surface area contributed by atoms with Crippen LogP contribution in [0.2, 0.25) is 5.02 Å². The summed E-state index contributed by atoms with van der Waals surface area (Å²) >= 11 is 5.78. The zero-order valence-corrected chi connectivity index (χ0v) is 15.8. The van der Waals surface area contributed by atoms with Crippen molar-refractivity contribution >= 4 is 29.3 Å². The molecule has 1 N–H and O–H groups in total. The molecule has 0 bridgehead atoms. The topological polar surface area (TPSA) is 81.7 Å². The Morgan fingerprint density at radius 1 is 1.04 bits per heavy atom. The van der Waals surface area contributed by atoms with Gasteiger partial charge < -0.3 is 14.8 Å². The summed E-state index contributed by atoms with van der Waals surface area (Å²) in [5.74, 6) is -0.323. The lowest BCUT2D eigenvalue weighted by molar-refractivity contribution is -0.144. The molecule has 27 heavy (non-hydrogen) atoms. The third-order valence-corrected chi connectivity index (χ3v) is 4.05. The molecule has 2 rings (SSSR count). The highest BCUT2D eigenvalue weighted by atomic mass is 35.5. The highest BCUT2D eigenvalue weighted by Gasteiger charge is 2.11. The van der Waals surface area contributed by atoms with Gasteiger partial charge in [-0.15, -0.1) is 0 Å². The number of halogens is 1. The lowest BCUT2D eigenvalue weighted by Crippen LogP contribution is -2.26. The van der Waals surface area contributed by atoms with E-state index in [1.165, 1.54) is 14.0 Å². The molecule has 142 valence electrons. The number of nitrogens with one attached hydrogen (secondary N) is 1. The largest absolute Gasteiger partial charge is 0.496 e. The van der Waals surface area contributed by atoms with Gasteiger partial charge in [0.1, 0.15) is 12.4 Å². The molecule has 0 heterocycles. The molecule has 1 amide bonds. The molecule has 0 spiro atoms. The summed E-state index contributed by atoms with van der Waals surface area (Å²) in [5, 5.41) is 3.18. The quantitative estimate of drug-likeness (QED) is 0.552. The average molecular weight is 390 g/mol. The van der Waals surface area contributed by atoms with Crippen molar-refractivity contribution < 1.29 is 23.9 Å². The van der Waals surface area contributed by atoms with Crippen LogP contribution in [0.25, 0.3) is 0 Å². The second kappa shape index (κ2) is 9.73. The smallest absolute Gasteiger partial charge is 0.307 e. The number of benzene rings is 2. The summed E-state index contributed by atoms with van der Waals surface area (Å²) in [6.45, 7) is 1.58. The first-order chi connectivity index (χ1) is 12.9. The van der Waals surface area contributed by atoms with Gasteiger partial charge in [0.2, 0.25) is 0 Å². The number of carbonyl (C=O) groups is 3. The van der Waals surface area contributed by atoms with Gasteiger partial charge in [0.25, 0.3) is 5.91 Å². The zero-order valence-electron chi connectivity index (χ0n) is 15.1. The van der Waals surface area contributed by atoms with Crippen LogP contribution in [-0.4, -0.2) is 31.3 Å². The maximum absolute atomic E-state index is 11.9. The van der Waals surface area contributed by atoms with Gasteiger partial charge in [0.15, 0.2) is 5.78 Å². The molecule has 0 aliphatic heterocycles. The lowest BCUT2D eigenvalue weighted by atomic mass is 10.1. The van der Waals surface area contributed by atoms with Crippen LogP contribution in [0.5, 0.6) is 5.75 Å². The molecule has 6 nitrogen and oxygen atoms in total. The van der Waals surface area contributed by atoms with Crippen molar-refractivity contribution in [1.82, 2.24) is 5.32 Å². The van der Waals surface area contributed by atoms with Crippen LogP contribution in [0, 0.1) is 0 Å². The molecule has 2 aromatic carbocycles. The van der Waals surface area contributed by atoms with E-state index in [4.69, 9.17) is 21.1 Å². The van der Waals surface area contributed by atoms with E-state index >= 15 is 0 Å². The Labute approximate surface area is 162 Å². The Bertz CT molecular complexity index is 833. The van der Waals surface area contributed by atoms with Gasteiger partial charge in [-0.3, -0.25) is 14.4 Å². The van der Waals surface area contributed by atoms with E-state index in [0.29, 0.717) is 27.5 Å². The van der Waals surface area contributed by atoms with E-state index in [1.54, 1.807) is 42.5 Å². The van der Waals surface area contributed by atoms with Crippen LogP contribution in [0.15, 0.2) is 42.5 Å². The van der Waals surface area contributed by atoms with Gasteiger partial charge in [-0.05, 0) is 49.4 Å². The summed E-state index contributed by atoms with van der Waals surface area (Å²) in [7, 11) is 1.50. The third-order valence-electron chi connectivity index (χ3n) is 3.80. The summed E-state index contributed by atoms with van der Waals surface area (Å²) in [5.41, 5.74) is 1.57. The number of hydrogen-bond acceptors (Lipinski definition) is 5. The first-order valence-corrected chi connectivity index (χ1v) is 8.65. The number of hydrogen-bond donors (Lipinski definition) is 1. The van der Waals surface area contributed by atoms with Crippen molar-refractivity contribution in [1.29, 1.82) is 0 Å². The number of rotatable bonds is 8. The van der Waals surface area contributed by atoms with Crippen LogP contribution < -0.4 is 10.1 Å². The number of ether oxygens (including phenoxy) is 2. The van der Waals surface area contributed by atoms with Crippen LogP contribution in [0.3, 0.4) is 0 Å². The second-order valence-corrected chi connectivity index (χ2v) is 6.19. The van der Waals surface area contributed by atoms with Gasteiger partial charge in [-0.2, -0.15) is 0 Å². The fraction of sp³-hybridized carbons (Fsp3) is 0.250. The van der Waals surface area contributed by atoms with E-state index in [2.05, 4.69) is 5.32 Å². The minimum atomic E-state index is -0.471. The summed E-state index contributed by atoms with van der Waals surface area (Å²) in [4.78, 5) is 35.3. The fourth-order valence-electron chi connectivity index (χ4n) is 2.32. The SMILES string of the molecule is COc1ccc(C(C)=O)cc1COC(=O)CCNC(=O)c1ccc(Cl)cc1. The highest BCUT2D eigenvalue weighted by molar-refractivity contribution is 6.30.